The van der Waals surface area contributed by atoms with Crippen molar-refractivity contribution in [1.29, 1.82) is 0 Å². The molecule has 0 aliphatic carbocycles. The maximum atomic E-state index is 12.5. The number of ether oxygens (including phenoxy) is 1. The lowest BCUT2D eigenvalue weighted by Gasteiger charge is -2.10. The number of halogens is 3. The average molecular weight is 312 g/mol. The molecule has 1 rings (SSSR count). The minimum Gasteiger partial charge on any atom is -0.490 e. The van der Waals surface area contributed by atoms with Crippen molar-refractivity contribution in [2.75, 3.05) is 6.61 Å². The smallest absolute Gasteiger partial charge is 0.416 e. The van der Waals surface area contributed by atoms with Crippen molar-refractivity contribution >= 4 is 11.9 Å². The number of carbonyl (C=O) groups is 1. The Balaban J connectivity index is 2.79. The van der Waals surface area contributed by atoms with Crippen LogP contribution in [-0.4, -0.2) is 12.4 Å². The molecule has 120 valence electrons. The van der Waals surface area contributed by atoms with Crippen LogP contribution in [0.15, 0.2) is 42.2 Å². The Morgan fingerprint density at radius 3 is 2.27 bits per heavy atom. The van der Waals surface area contributed by atoms with Gasteiger partial charge in [0.2, 0.25) is 5.78 Å². The molecule has 0 atom stereocenters. The first-order valence-electron chi connectivity index (χ1n) is 6.83. The molecule has 22 heavy (non-hydrogen) atoms. The van der Waals surface area contributed by atoms with Gasteiger partial charge in [0, 0.05) is 5.57 Å². The summed E-state index contributed by atoms with van der Waals surface area (Å²) in [6.07, 6.45) is -2.86. The summed E-state index contributed by atoms with van der Waals surface area (Å²) in [4.78, 5) is 12.0. The predicted octanol–water partition coefficient (Wildman–Crippen LogP) is 4.86. The molecule has 0 aliphatic rings. The number of benzene rings is 1. The zero-order valence-corrected chi connectivity index (χ0v) is 12.8. The van der Waals surface area contributed by atoms with Crippen LogP contribution in [0.2, 0.25) is 0 Å². The topological polar surface area (TPSA) is 26.3 Å². The molecule has 0 amide bonds. The van der Waals surface area contributed by atoms with Gasteiger partial charge in [-0.25, -0.2) is 0 Å². The van der Waals surface area contributed by atoms with Crippen LogP contribution in [0.25, 0.3) is 6.08 Å². The van der Waals surface area contributed by atoms with Crippen LogP contribution in [0.5, 0.6) is 0 Å². The second kappa shape index (κ2) is 7.29. The molecule has 0 spiro atoms. The van der Waals surface area contributed by atoms with Crippen molar-refractivity contribution in [1.82, 2.24) is 0 Å². The monoisotopic (exact) mass is 312 g/mol. The van der Waals surface area contributed by atoms with E-state index in [0.29, 0.717) is 17.7 Å². The Morgan fingerprint density at radius 1 is 1.27 bits per heavy atom. The number of hydrogen-bond donors (Lipinski definition) is 0. The van der Waals surface area contributed by atoms with E-state index in [1.807, 2.05) is 13.8 Å². The summed E-state index contributed by atoms with van der Waals surface area (Å²) >= 11 is 0. The number of rotatable bonds is 6. The lowest BCUT2D eigenvalue weighted by molar-refractivity contribution is -0.137. The van der Waals surface area contributed by atoms with Crippen LogP contribution in [0, 0.1) is 5.92 Å². The van der Waals surface area contributed by atoms with Gasteiger partial charge in [0.15, 0.2) is 5.76 Å². The van der Waals surface area contributed by atoms with E-state index in [2.05, 4.69) is 6.58 Å². The maximum absolute atomic E-state index is 12.5. The van der Waals surface area contributed by atoms with Gasteiger partial charge < -0.3 is 4.74 Å². The van der Waals surface area contributed by atoms with Gasteiger partial charge in [0.25, 0.3) is 0 Å². The molecule has 0 aromatic heterocycles. The fourth-order valence-electron chi connectivity index (χ4n) is 1.64. The average Bonchev–Trinajstić information content (AvgIpc) is 2.43. The van der Waals surface area contributed by atoms with Crippen LogP contribution in [-0.2, 0) is 15.7 Å². The molecule has 0 bridgehead atoms. The van der Waals surface area contributed by atoms with E-state index in [0.717, 1.165) is 12.1 Å². The van der Waals surface area contributed by atoms with Crippen LogP contribution in [0.1, 0.15) is 31.9 Å². The normalized spacial score (nSPS) is 12.4. The SMILES string of the molecule is C=C(OCC(C)C)C(=O)/C(C)=C/c1ccc(C(F)(F)F)cc1. The molecule has 0 heterocycles. The van der Waals surface area contributed by atoms with Crippen LogP contribution in [0.3, 0.4) is 0 Å². The molecule has 2 nitrogen and oxygen atoms in total. The highest BCUT2D eigenvalue weighted by Gasteiger charge is 2.29. The summed E-state index contributed by atoms with van der Waals surface area (Å²) in [7, 11) is 0. The van der Waals surface area contributed by atoms with Crippen molar-refractivity contribution in [2.45, 2.75) is 26.9 Å². The summed E-state index contributed by atoms with van der Waals surface area (Å²) in [6, 6.07) is 4.59. The van der Waals surface area contributed by atoms with Crippen molar-refractivity contribution in [3.63, 3.8) is 0 Å². The Morgan fingerprint density at radius 2 is 1.82 bits per heavy atom. The van der Waals surface area contributed by atoms with E-state index in [-0.39, 0.29) is 17.5 Å². The van der Waals surface area contributed by atoms with Gasteiger partial charge in [0.1, 0.15) is 0 Å². The van der Waals surface area contributed by atoms with E-state index < -0.39 is 11.7 Å². The number of allylic oxidation sites excluding steroid dienone is 1. The van der Waals surface area contributed by atoms with E-state index in [1.54, 1.807) is 6.92 Å². The summed E-state index contributed by atoms with van der Waals surface area (Å²) in [5.74, 6) is -0.0568. The third-order valence-corrected chi connectivity index (χ3v) is 2.82. The predicted molar refractivity (Wildman–Crippen MR) is 80.0 cm³/mol. The number of hydrogen-bond acceptors (Lipinski definition) is 2. The third kappa shape index (κ3) is 5.39. The molecule has 1 aromatic carbocycles. The fraction of sp³-hybridized carbons (Fsp3) is 0.353. The largest absolute Gasteiger partial charge is 0.490 e. The maximum Gasteiger partial charge on any atom is 0.416 e. The van der Waals surface area contributed by atoms with Gasteiger partial charge in [-0.15, -0.1) is 0 Å². The molecule has 5 heteroatoms. The molecular weight excluding hydrogens is 293 g/mol. The van der Waals surface area contributed by atoms with Crippen LogP contribution < -0.4 is 0 Å². The minimum atomic E-state index is -4.37. The lowest BCUT2D eigenvalue weighted by Crippen LogP contribution is -2.10. The van der Waals surface area contributed by atoms with Crippen LogP contribution >= 0.6 is 0 Å². The molecule has 1 aromatic rings. The molecule has 0 unspecified atom stereocenters. The summed E-state index contributed by atoms with van der Waals surface area (Å²) < 4.78 is 42.7. The standard InChI is InChI=1S/C17H19F3O2/c1-11(2)10-22-13(4)16(21)12(3)9-14-5-7-15(8-6-14)17(18,19)20/h5-9,11H,4,10H2,1-3H3/b12-9+. The highest BCUT2D eigenvalue weighted by molar-refractivity contribution is 6.08. The van der Waals surface area contributed by atoms with Gasteiger partial charge in [-0.2, -0.15) is 13.2 Å². The summed E-state index contributed by atoms with van der Waals surface area (Å²) in [5, 5.41) is 0. The first-order chi connectivity index (χ1) is 10.1. The quantitative estimate of drug-likeness (QED) is 0.553. The van der Waals surface area contributed by atoms with Crippen molar-refractivity contribution in [2.24, 2.45) is 5.92 Å². The van der Waals surface area contributed by atoms with Gasteiger partial charge in [-0.1, -0.05) is 32.6 Å². The van der Waals surface area contributed by atoms with Crippen LogP contribution in [0.4, 0.5) is 13.2 Å². The lowest BCUT2D eigenvalue weighted by atomic mass is 10.1. The van der Waals surface area contributed by atoms with E-state index in [4.69, 9.17) is 4.74 Å². The summed E-state index contributed by atoms with van der Waals surface area (Å²) in [6.45, 7) is 9.43. The minimum absolute atomic E-state index is 0.0364. The number of alkyl halides is 3. The van der Waals surface area contributed by atoms with Crippen molar-refractivity contribution in [3.05, 3.63) is 53.3 Å². The summed E-state index contributed by atoms with van der Waals surface area (Å²) in [5.41, 5.74) is 0.141. The number of Topliss-reactive ketones (excluding diaryl/α,β-unsaturated/α-hetero) is 1. The van der Waals surface area contributed by atoms with Gasteiger partial charge >= 0.3 is 6.18 Å². The first-order valence-corrected chi connectivity index (χ1v) is 6.83. The molecule has 0 aliphatic heterocycles. The van der Waals surface area contributed by atoms with Gasteiger partial charge in [0.05, 0.1) is 12.2 Å². The molecule has 0 N–H and O–H groups in total. The Hall–Kier alpha value is -2.04. The fourth-order valence-corrected chi connectivity index (χ4v) is 1.64. The zero-order valence-electron chi connectivity index (χ0n) is 12.8. The molecule has 0 radical (unpaired) electrons. The Bertz CT molecular complexity index is 567. The van der Waals surface area contributed by atoms with E-state index in [9.17, 15) is 18.0 Å². The van der Waals surface area contributed by atoms with Gasteiger partial charge in [-0.3, -0.25) is 4.79 Å². The first kappa shape index (κ1) is 18.0. The molecular formula is C17H19F3O2. The second-order valence-electron chi connectivity index (χ2n) is 5.40. The highest BCUT2D eigenvalue weighted by Crippen LogP contribution is 2.29. The number of ketones is 1. The molecule has 0 fully saturated rings. The van der Waals surface area contributed by atoms with E-state index >= 15 is 0 Å². The number of carbonyl (C=O) groups excluding carboxylic acids is 1. The molecule has 0 saturated heterocycles. The third-order valence-electron chi connectivity index (χ3n) is 2.82. The molecule has 0 saturated carbocycles. The second-order valence-corrected chi connectivity index (χ2v) is 5.40. The van der Waals surface area contributed by atoms with Crippen molar-refractivity contribution in [3.8, 4) is 0 Å². The Labute approximate surface area is 128 Å². The van der Waals surface area contributed by atoms with Gasteiger partial charge in [-0.05, 0) is 36.6 Å². The zero-order chi connectivity index (χ0) is 16.9. The Kier molecular flexibility index (Phi) is 5.97. The van der Waals surface area contributed by atoms with E-state index in [1.165, 1.54) is 18.2 Å². The highest BCUT2D eigenvalue weighted by atomic mass is 19.4. The van der Waals surface area contributed by atoms with Crippen molar-refractivity contribution < 1.29 is 22.7 Å².